The lowest BCUT2D eigenvalue weighted by Gasteiger charge is -2.44. The monoisotopic (exact) mass is 684 g/mol. The van der Waals surface area contributed by atoms with Gasteiger partial charge in [0.2, 0.25) is 17.7 Å². The molecule has 10 nitrogen and oxygen atoms in total. The van der Waals surface area contributed by atoms with Crippen LogP contribution in [-0.2, 0) is 38.5 Å². The van der Waals surface area contributed by atoms with Crippen molar-refractivity contribution in [1.82, 2.24) is 25.3 Å². The molecule has 4 aliphatic heterocycles. The molecule has 3 aromatic carbocycles. The van der Waals surface area contributed by atoms with Crippen molar-refractivity contribution in [1.29, 1.82) is 0 Å². The number of likely N-dealkylation sites (tertiary alicyclic amines) is 1. The molecule has 11 heteroatoms. The van der Waals surface area contributed by atoms with Gasteiger partial charge >= 0.3 is 0 Å². The van der Waals surface area contributed by atoms with E-state index in [9.17, 15) is 14.4 Å². The minimum absolute atomic E-state index is 0.129. The number of hydrogen-bond acceptors (Lipinski definition) is 7. The number of benzene rings is 3. The van der Waals surface area contributed by atoms with Gasteiger partial charge in [-0.05, 0) is 60.2 Å². The maximum atomic E-state index is 14.3. The van der Waals surface area contributed by atoms with E-state index in [2.05, 4.69) is 44.7 Å². The number of hydrogen-bond donors (Lipinski definition) is 2. The summed E-state index contributed by atoms with van der Waals surface area (Å²) in [6, 6.07) is 24.5. The van der Waals surface area contributed by atoms with Crippen LogP contribution in [-0.4, -0.2) is 109 Å². The Morgan fingerprint density at radius 1 is 0.898 bits per heavy atom. The molecular formula is C38H45ClN6O4. The minimum Gasteiger partial charge on any atom is -0.379 e. The van der Waals surface area contributed by atoms with E-state index in [0.717, 1.165) is 49.7 Å². The number of halogens is 1. The zero-order valence-electron chi connectivity index (χ0n) is 27.9. The number of carbonyl (C=O) groups excluding carboxylic acids is 3. The number of nitrogens with one attached hydrogen (secondary N) is 2. The highest BCUT2D eigenvalue weighted by atomic mass is 35.5. The third-order valence-corrected chi connectivity index (χ3v) is 10.9. The first-order valence-corrected chi connectivity index (χ1v) is 17.8. The second-order valence-electron chi connectivity index (χ2n) is 13.6. The van der Waals surface area contributed by atoms with Crippen molar-refractivity contribution in [3.05, 3.63) is 101 Å². The summed E-state index contributed by atoms with van der Waals surface area (Å²) in [7, 11) is 0. The highest BCUT2D eigenvalue weighted by Gasteiger charge is 2.54. The standard InChI is InChI=1S/C38H45ClN6O4/c39-31-12-10-28(11-13-31)24-34(41-35(46)33-25-29-6-4-5-7-30(29)26-40-33)36(47)43-16-14-38(15-17-43)37(48)44(19-18-42-20-22-49-23-21-42)27-45(38)32-8-2-1-3-9-32/h1-13,33-34,40H,14-27H2,(H,41,46)/t33?,34-/m1/s1. The number of fused-ring (bicyclic) bond motifs is 1. The van der Waals surface area contributed by atoms with Crippen LogP contribution in [0.25, 0.3) is 0 Å². The van der Waals surface area contributed by atoms with E-state index in [1.807, 2.05) is 52.3 Å². The molecular weight excluding hydrogens is 640 g/mol. The second-order valence-corrected chi connectivity index (χ2v) is 14.0. The fourth-order valence-electron chi connectivity index (χ4n) is 7.75. The van der Waals surface area contributed by atoms with Gasteiger partial charge in [-0.2, -0.15) is 0 Å². The van der Waals surface area contributed by atoms with Crippen molar-refractivity contribution in [3.8, 4) is 0 Å². The molecule has 258 valence electrons. The van der Waals surface area contributed by atoms with E-state index in [-0.39, 0.29) is 17.7 Å². The van der Waals surface area contributed by atoms with Crippen LogP contribution in [0.5, 0.6) is 0 Å². The molecule has 4 aliphatic rings. The number of rotatable bonds is 9. The van der Waals surface area contributed by atoms with Crippen LogP contribution >= 0.6 is 11.6 Å². The number of carbonyl (C=O) groups is 3. The quantitative estimate of drug-likeness (QED) is 0.358. The first-order valence-electron chi connectivity index (χ1n) is 17.5. The van der Waals surface area contributed by atoms with Gasteiger partial charge in [-0.3, -0.25) is 19.3 Å². The van der Waals surface area contributed by atoms with Crippen LogP contribution in [0.3, 0.4) is 0 Å². The van der Waals surface area contributed by atoms with E-state index < -0.39 is 17.6 Å². The van der Waals surface area contributed by atoms with Crippen molar-refractivity contribution >= 4 is 35.0 Å². The lowest BCUT2D eigenvalue weighted by Crippen LogP contribution is -2.60. The lowest BCUT2D eigenvalue weighted by atomic mass is 9.85. The number of piperidine rings is 1. The van der Waals surface area contributed by atoms with Gasteiger partial charge in [-0.1, -0.05) is 66.2 Å². The smallest absolute Gasteiger partial charge is 0.250 e. The Balaban J connectivity index is 1.06. The van der Waals surface area contributed by atoms with Gasteiger partial charge in [0.1, 0.15) is 11.6 Å². The fraction of sp³-hybridized carbons (Fsp3) is 0.447. The van der Waals surface area contributed by atoms with Crippen LogP contribution in [0, 0.1) is 0 Å². The summed E-state index contributed by atoms with van der Waals surface area (Å²) in [6.07, 6.45) is 1.94. The molecule has 49 heavy (non-hydrogen) atoms. The van der Waals surface area contributed by atoms with E-state index >= 15 is 0 Å². The minimum atomic E-state index is -0.753. The van der Waals surface area contributed by atoms with Crippen molar-refractivity contribution in [2.45, 2.75) is 49.9 Å². The molecule has 3 amide bonds. The van der Waals surface area contributed by atoms with Crippen LogP contribution in [0.4, 0.5) is 5.69 Å². The molecule has 4 heterocycles. The van der Waals surface area contributed by atoms with Gasteiger partial charge in [-0.25, -0.2) is 0 Å². The number of morpholine rings is 1. The largest absolute Gasteiger partial charge is 0.379 e. The summed E-state index contributed by atoms with van der Waals surface area (Å²) >= 11 is 6.16. The number of anilines is 1. The topological polar surface area (TPSA) is 97.5 Å². The van der Waals surface area contributed by atoms with Gasteiger partial charge in [0, 0.05) is 62.9 Å². The van der Waals surface area contributed by atoms with Crippen LogP contribution in [0.2, 0.25) is 5.02 Å². The van der Waals surface area contributed by atoms with Gasteiger partial charge in [-0.15, -0.1) is 0 Å². The third kappa shape index (κ3) is 7.33. The number of para-hydroxylation sites is 1. The van der Waals surface area contributed by atoms with E-state index in [4.69, 9.17) is 16.3 Å². The number of amides is 3. The molecule has 2 N–H and O–H groups in total. The first kappa shape index (κ1) is 33.5. The SMILES string of the molecule is O=C(N[C@H](Cc1ccc(Cl)cc1)C(=O)N1CCC2(CC1)C(=O)N(CCN1CCOCC1)CN2c1ccccc1)C1Cc2ccccc2CN1. The van der Waals surface area contributed by atoms with Crippen molar-refractivity contribution in [3.63, 3.8) is 0 Å². The number of nitrogens with zero attached hydrogens (tertiary/aromatic N) is 4. The van der Waals surface area contributed by atoms with Crippen molar-refractivity contribution in [2.24, 2.45) is 0 Å². The molecule has 1 unspecified atom stereocenters. The van der Waals surface area contributed by atoms with Crippen molar-refractivity contribution in [2.75, 3.05) is 64.1 Å². The Bertz CT molecular complexity index is 1620. The molecule has 3 fully saturated rings. The molecule has 1 spiro atoms. The molecule has 0 radical (unpaired) electrons. The number of ether oxygens (including phenoxy) is 1. The molecule has 0 saturated carbocycles. The average molecular weight is 685 g/mol. The Kier molecular flexibility index (Phi) is 10.2. The van der Waals surface area contributed by atoms with Crippen molar-refractivity contribution < 1.29 is 19.1 Å². The lowest BCUT2D eigenvalue weighted by molar-refractivity contribution is -0.141. The Morgan fingerprint density at radius 3 is 2.33 bits per heavy atom. The molecule has 3 saturated heterocycles. The predicted octanol–water partition coefficient (Wildman–Crippen LogP) is 3.08. The molecule has 0 bridgehead atoms. The first-order chi connectivity index (χ1) is 23.9. The highest BCUT2D eigenvalue weighted by Crippen LogP contribution is 2.39. The highest BCUT2D eigenvalue weighted by molar-refractivity contribution is 6.30. The normalized spacial score (nSPS) is 21.4. The van der Waals surface area contributed by atoms with Crippen LogP contribution in [0.1, 0.15) is 29.5 Å². The summed E-state index contributed by atoms with van der Waals surface area (Å²) in [5.41, 5.74) is 3.53. The summed E-state index contributed by atoms with van der Waals surface area (Å²) in [5.74, 6) is -0.186. The summed E-state index contributed by atoms with van der Waals surface area (Å²) < 4.78 is 5.51. The summed E-state index contributed by atoms with van der Waals surface area (Å²) in [5, 5.41) is 7.08. The molecule has 0 aliphatic carbocycles. The predicted molar refractivity (Wildman–Crippen MR) is 189 cm³/mol. The zero-order chi connectivity index (χ0) is 33.8. The van der Waals surface area contributed by atoms with E-state index in [0.29, 0.717) is 63.6 Å². The van der Waals surface area contributed by atoms with Gasteiger partial charge in [0.15, 0.2) is 0 Å². The Labute approximate surface area is 293 Å². The molecule has 7 rings (SSSR count). The van der Waals surface area contributed by atoms with Gasteiger partial charge in [0.05, 0.1) is 25.9 Å². The third-order valence-electron chi connectivity index (χ3n) is 10.6. The van der Waals surface area contributed by atoms with E-state index in [1.165, 1.54) is 5.56 Å². The summed E-state index contributed by atoms with van der Waals surface area (Å²) in [6.45, 7) is 6.65. The summed E-state index contributed by atoms with van der Waals surface area (Å²) in [4.78, 5) is 50.7. The maximum absolute atomic E-state index is 14.3. The van der Waals surface area contributed by atoms with Gasteiger partial charge in [0.25, 0.3) is 0 Å². The Hall–Kier alpha value is -3.96. The van der Waals surface area contributed by atoms with E-state index in [1.54, 1.807) is 12.1 Å². The maximum Gasteiger partial charge on any atom is 0.250 e. The second kappa shape index (κ2) is 14.9. The fourth-order valence-corrected chi connectivity index (χ4v) is 7.87. The Morgan fingerprint density at radius 2 is 1.59 bits per heavy atom. The van der Waals surface area contributed by atoms with Crippen LogP contribution < -0.4 is 15.5 Å². The zero-order valence-corrected chi connectivity index (χ0v) is 28.6. The average Bonchev–Trinajstić information content (AvgIpc) is 3.41. The molecule has 0 aromatic heterocycles. The van der Waals surface area contributed by atoms with Crippen LogP contribution in [0.15, 0.2) is 78.9 Å². The molecule has 2 atom stereocenters. The van der Waals surface area contributed by atoms with Gasteiger partial charge < -0.3 is 30.1 Å². The molecule has 3 aromatic rings.